The van der Waals surface area contributed by atoms with E-state index in [-0.39, 0.29) is 34.9 Å². The molecule has 1 fully saturated rings. The summed E-state index contributed by atoms with van der Waals surface area (Å²) in [6, 6.07) is 1.45. The SMILES string of the molecule is CCN(CC)C(=O)c1cc(NC(=O)C2CCN(C(C)=O)CC2)c(=O)n(C)c1. The number of rotatable bonds is 5. The molecule has 8 nitrogen and oxygen atoms in total. The lowest BCUT2D eigenvalue weighted by Crippen LogP contribution is -2.41. The summed E-state index contributed by atoms with van der Waals surface area (Å²) in [6.45, 7) is 7.49. The maximum absolute atomic E-state index is 12.6. The van der Waals surface area contributed by atoms with Gasteiger partial charge in [-0.15, -0.1) is 0 Å². The quantitative estimate of drug-likeness (QED) is 0.832. The van der Waals surface area contributed by atoms with Gasteiger partial charge in [-0.1, -0.05) is 0 Å². The minimum absolute atomic E-state index is 0.00495. The van der Waals surface area contributed by atoms with Crippen LogP contribution in [-0.2, 0) is 16.6 Å². The van der Waals surface area contributed by atoms with E-state index in [4.69, 9.17) is 0 Å². The van der Waals surface area contributed by atoms with Crippen molar-refractivity contribution in [3.8, 4) is 0 Å². The number of hydrogen-bond acceptors (Lipinski definition) is 4. The molecule has 1 aromatic rings. The minimum atomic E-state index is -0.361. The van der Waals surface area contributed by atoms with Crippen LogP contribution in [0.4, 0.5) is 5.69 Å². The zero-order chi connectivity index (χ0) is 20.1. The van der Waals surface area contributed by atoms with Crippen molar-refractivity contribution in [2.24, 2.45) is 13.0 Å². The molecule has 3 amide bonds. The van der Waals surface area contributed by atoms with Gasteiger partial charge in [-0.25, -0.2) is 0 Å². The molecule has 27 heavy (non-hydrogen) atoms. The van der Waals surface area contributed by atoms with Crippen LogP contribution in [0.1, 0.15) is 44.0 Å². The number of likely N-dealkylation sites (tertiary alicyclic amines) is 1. The molecule has 0 saturated carbocycles. The zero-order valence-electron chi connectivity index (χ0n) is 16.4. The smallest absolute Gasteiger partial charge is 0.274 e. The Labute approximate surface area is 159 Å². The van der Waals surface area contributed by atoms with Gasteiger partial charge in [0.25, 0.3) is 11.5 Å². The first-order valence-electron chi connectivity index (χ1n) is 9.34. The minimum Gasteiger partial charge on any atom is -0.343 e. The molecule has 1 N–H and O–H groups in total. The molecule has 2 rings (SSSR count). The molecule has 148 valence electrons. The van der Waals surface area contributed by atoms with E-state index >= 15 is 0 Å². The number of pyridine rings is 1. The highest BCUT2D eigenvalue weighted by atomic mass is 16.2. The molecule has 0 bridgehead atoms. The summed E-state index contributed by atoms with van der Waals surface area (Å²) in [5.41, 5.74) is 0.109. The van der Waals surface area contributed by atoms with Gasteiger partial charge in [0.15, 0.2) is 0 Å². The number of aromatic nitrogens is 1. The van der Waals surface area contributed by atoms with Crippen molar-refractivity contribution in [3.63, 3.8) is 0 Å². The van der Waals surface area contributed by atoms with Gasteiger partial charge in [-0.05, 0) is 32.8 Å². The number of carbonyl (C=O) groups is 3. The normalized spacial score (nSPS) is 14.7. The van der Waals surface area contributed by atoms with Gasteiger partial charge in [0.05, 0.1) is 5.56 Å². The standard InChI is InChI=1S/C19H28N4O4/c1-5-22(6-2)18(26)15-11-16(19(27)21(4)12-15)20-17(25)14-7-9-23(10-8-14)13(3)24/h11-12,14H,5-10H2,1-4H3,(H,20,25). The monoisotopic (exact) mass is 376 g/mol. The van der Waals surface area contributed by atoms with Crippen molar-refractivity contribution >= 4 is 23.4 Å². The van der Waals surface area contributed by atoms with Crippen molar-refractivity contribution in [1.29, 1.82) is 0 Å². The molecular weight excluding hydrogens is 348 g/mol. The summed E-state index contributed by atoms with van der Waals surface area (Å²) in [7, 11) is 1.56. The second-order valence-electron chi connectivity index (χ2n) is 6.81. The molecule has 2 heterocycles. The van der Waals surface area contributed by atoms with Crippen molar-refractivity contribution in [2.75, 3.05) is 31.5 Å². The van der Waals surface area contributed by atoms with Crippen LogP contribution >= 0.6 is 0 Å². The van der Waals surface area contributed by atoms with Gasteiger partial charge in [0.2, 0.25) is 11.8 Å². The Balaban J connectivity index is 2.16. The van der Waals surface area contributed by atoms with Crippen LogP contribution in [0.2, 0.25) is 0 Å². The van der Waals surface area contributed by atoms with Gasteiger partial charge in [-0.2, -0.15) is 0 Å². The van der Waals surface area contributed by atoms with Crippen LogP contribution in [-0.4, -0.2) is 58.3 Å². The first-order chi connectivity index (χ1) is 12.8. The summed E-state index contributed by atoms with van der Waals surface area (Å²) in [4.78, 5) is 52.3. The molecule has 0 aliphatic carbocycles. The van der Waals surface area contributed by atoms with Crippen molar-refractivity contribution < 1.29 is 14.4 Å². The molecule has 0 unspecified atom stereocenters. The van der Waals surface area contributed by atoms with E-state index in [0.29, 0.717) is 44.6 Å². The molecule has 0 atom stereocenters. The average molecular weight is 376 g/mol. The Morgan fingerprint density at radius 1 is 1.19 bits per heavy atom. The van der Waals surface area contributed by atoms with Crippen LogP contribution in [0.3, 0.4) is 0 Å². The van der Waals surface area contributed by atoms with Crippen LogP contribution < -0.4 is 10.9 Å². The largest absolute Gasteiger partial charge is 0.343 e. The lowest BCUT2D eigenvalue weighted by Gasteiger charge is -2.30. The zero-order valence-corrected chi connectivity index (χ0v) is 16.4. The number of anilines is 1. The van der Waals surface area contributed by atoms with Crippen molar-refractivity contribution in [2.45, 2.75) is 33.6 Å². The number of hydrogen-bond donors (Lipinski definition) is 1. The highest BCUT2D eigenvalue weighted by molar-refractivity contribution is 5.97. The van der Waals surface area contributed by atoms with Crippen molar-refractivity contribution in [1.82, 2.24) is 14.4 Å². The second-order valence-corrected chi connectivity index (χ2v) is 6.81. The summed E-state index contributed by atoms with van der Waals surface area (Å²) < 4.78 is 1.31. The Bertz CT molecular complexity index is 774. The van der Waals surface area contributed by atoms with Crippen LogP contribution in [0.15, 0.2) is 17.1 Å². The fraction of sp³-hybridized carbons (Fsp3) is 0.579. The van der Waals surface area contributed by atoms with E-state index in [1.807, 2.05) is 13.8 Å². The van der Waals surface area contributed by atoms with Crippen LogP contribution in [0.25, 0.3) is 0 Å². The molecular formula is C19H28N4O4. The number of aryl methyl sites for hydroxylation is 1. The van der Waals surface area contributed by atoms with E-state index in [9.17, 15) is 19.2 Å². The third-order valence-corrected chi connectivity index (χ3v) is 5.05. The maximum Gasteiger partial charge on any atom is 0.274 e. The molecule has 8 heteroatoms. The highest BCUT2D eigenvalue weighted by Crippen LogP contribution is 2.19. The fourth-order valence-electron chi connectivity index (χ4n) is 3.30. The third-order valence-electron chi connectivity index (χ3n) is 5.05. The first kappa shape index (κ1) is 20.7. The predicted octanol–water partition coefficient (Wildman–Crippen LogP) is 1.06. The van der Waals surface area contributed by atoms with Crippen LogP contribution in [0, 0.1) is 5.92 Å². The first-order valence-corrected chi connectivity index (χ1v) is 9.34. The van der Waals surface area contributed by atoms with E-state index < -0.39 is 0 Å². The predicted molar refractivity (Wildman–Crippen MR) is 103 cm³/mol. The molecule has 0 spiro atoms. The van der Waals surface area contributed by atoms with E-state index in [0.717, 1.165) is 0 Å². The lowest BCUT2D eigenvalue weighted by molar-refractivity contribution is -0.132. The maximum atomic E-state index is 12.6. The molecule has 1 saturated heterocycles. The van der Waals surface area contributed by atoms with Gasteiger partial charge < -0.3 is 19.7 Å². The average Bonchev–Trinajstić information content (AvgIpc) is 2.66. The second kappa shape index (κ2) is 8.83. The Kier molecular flexibility index (Phi) is 6.76. The van der Waals surface area contributed by atoms with Gasteiger partial charge >= 0.3 is 0 Å². The van der Waals surface area contributed by atoms with Gasteiger partial charge in [0.1, 0.15) is 5.69 Å². The van der Waals surface area contributed by atoms with Crippen molar-refractivity contribution in [3.05, 3.63) is 28.2 Å². The van der Waals surface area contributed by atoms with E-state index in [1.54, 1.807) is 16.8 Å². The Hall–Kier alpha value is -2.64. The lowest BCUT2D eigenvalue weighted by atomic mass is 9.96. The summed E-state index contributed by atoms with van der Waals surface area (Å²) in [6.07, 6.45) is 2.61. The Morgan fingerprint density at radius 2 is 1.78 bits per heavy atom. The number of piperidine rings is 1. The van der Waals surface area contributed by atoms with Gasteiger partial charge in [0, 0.05) is 52.3 Å². The summed E-state index contributed by atoms with van der Waals surface area (Å²) >= 11 is 0. The number of carbonyl (C=O) groups excluding carboxylic acids is 3. The molecule has 0 radical (unpaired) electrons. The number of nitrogens with one attached hydrogen (secondary N) is 1. The summed E-state index contributed by atoms with van der Waals surface area (Å²) in [5.74, 6) is -0.679. The molecule has 1 aromatic heterocycles. The Morgan fingerprint density at radius 3 is 2.30 bits per heavy atom. The topological polar surface area (TPSA) is 91.7 Å². The fourth-order valence-corrected chi connectivity index (χ4v) is 3.30. The van der Waals surface area contributed by atoms with E-state index in [1.165, 1.54) is 23.8 Å². The molecule has 1 aliphatic heterocycles. The molecule has 0 aromatic carbocycles. The summed E-state index contributed by atoms with van der Waals surface area (Å²) in [5, 5.41) is 2.69. The number of amides is 3. The highest BCUT2D eigenvalue weighted by Gasteiger charge is 2.27. The third kappa shape index (κ3) is 4.75. The number of nitrogens with zero attached hydrogens (tertiary/aromatic N) is 3. The van der Waals surface area contributed by atoms with E-state index in [2.05, 4.69) is 5.32 Å². The van der Waals surface area contributed by atoms with Gasteiger partial charge in [-0.3, -0.25) is 19.2 Å². The molecule has 1 aliphatic rings. The van der Waals surface area contributed by atoms with Crippen LogP contribution in [0.5, 0.6) is 0 Å².